The molecule has 0 aliphatic rings. The van der Waals surface area contributed by atoms with Gasteiger partial charge in [-0.15, -0.1) is 0 Å². The maximum Gasteiger partial charge on any atom is 0.126 e. The fraction of sp³-hybridized carbons (Fsp3) is 0.353. The number of pyridine rings is 1. The average molecular weight is 348 g/mol. The van der Waals surface area contributed by atoms with Gasteiger partial charge in [0.15, 0.2) is 0 Å². The maximum atomic E-state index is 5.99. The van der Waals surface area contributed by atoms with Crippen molar-refractivity contribution in [3.63, 3.8) is 0 Å². The Morgan fingerprint density at radius 3 is 2.81 bits per heavy atom. The highest BCUT2D eigenvalue weighted by Crippen LogP contribution is 2.28. The van der Waals surface area contributed by atoms with Crippen molar-refractivity contribution in [1.29, 1.82) is 0 Å². The van der Waals surface area contributed by atoms with Crippen molar-refractivity contribution in [2.24, 2.45) is 0 Å². The third kappa shape index (κ3) is 4.29. The molecule has 112 valence electrons. The zero-order valence-electron chi connectivity index (χ0n) is 12.6. The molecule has 0 radical (unpaired) electrons. The van der Waals surface area contributed by atoms with E-state index in [2.05, 4.69) is 58.3 Å². The molecular weight excluding hydrogens is 326 g/mol. The van der Waals surface area contributed by atoms with E-state index in [1.165, 1.54) is 11.1 Å². The zero-order chi connectivity index (χ0) is 15.2. The van der Waals surface area contributed by atoms with Crippen LogP contribution < -0.4 is 11.1 Å². The molecule has 3 nitrogen and oxygen atoms in total. The number of benzene rings is 1. The molecule has 21 heavy (non-hydrogen) atoms. The van der Waals surface area contributed by atoms with E-state index in [0.717, 1.165) is 29.4 Å². The van der Waals surface area contributed by atoms with E-state index in [4.69, 9.17) is 5.73 Å². The van der Waals surface area contributed by atoms with Gasteiger partial charge < -0.3 is 11.1 Å². The molecular formula is C17H22BrN3. The second-order valence-electron chi connectivity index (χ2n) is 5.28. The predicted octanol–water partition coefficient (Wildman–Crippen LogP) is 4.02. The van der Waals surface area contributed by atoms with Crippen molar-refractivity contribution in [1.82, 2.24) is 10.3 Å². The van der Waals surface area contributed by atoms with Crippen LogP contribution in [0, 0.1) is 6.92 Å². The SMILES string of the molecule is CCCNC(Cc1cccnc1N)c1ccc(C)cc1Br. The van der Waals surface area contributed by atoms with Crippen LogP contribution in [0.3, 0.4) is 0 Å². The molecule has 3 N–H and O–H groups in total. The highest BCUT2D eigenvalue weighted by Gasteiger charge is 2.16. The lowest BCUT2D eigenvalue weighted by Gasteiger charge is -2.21. The topological polar surface area (TPSA) is 50.9 Å². The summed E-state index contributed by atoms with van der Waals surface area (Å²) in [6.07, 6.45) is 3.67. The van der Waals surface area contributed by atoms with Gasteiger partial charge in [0.1, 0.15) is 5.82 Å². The lowest BCUT2D eigenvalue weighted by atomic mass is 9.98. The van der Waals surface area contributed by atoms with Gasteiger partial charge in [0.05, 0.1) is 0 Å². The van der Waals surface area contributed by atoms with Crippen molar-refractivity contribution in [3.05, 3.63) is 57.7 Å². The Hall–Kier alpha value is -1.39. The molecule has 1 heterocycles. The number of hydrogen-bond acceptors (Lipinski definition) is 3. The van der Waals surface area contributed by atoms with Crippen molar-refractivity contribution >= 4 is 21.7 Å². The van der Waals surface area contributed by atoms with Crippen molar-refractivity contribution in [3.8, 4) is 0 Å². The maximum absolute atomic E-state index is 5.99. The van der Waals surface area contributed by atoms with E-state index in [1.54, 1.807) is 6.20 Å². The highest BCUT2D eigenvalue weighted by atomic mass is 79.9. The molecule has 2 rings (SSSR count). The predicted molar refractivity (Wildman–Crippen MR) is 92.3 cm³/mol. The van der Waals surface area contributed by atoms with Crippen LogP contribution in [-0.2, 0) is 6.42 Å². The first kappa shape index (κ1) is 16.0. The van der Waals surface area contributed by atoms with Gasteiger partial charge in [0.25, 0.3) is 0 Å². The normalized spacial score (nSPS) is 12.3. The summed E-state index contributed by atoms with van der Waals surface area (Å²) >= 11 is 3.68. The number of aromatic nitrogens is 1. The van der Waals surface area contributed by atoms with Gasteiger partial charge in [-0.1, -0.05) is 41.1 Å². The molecule has 0 fully saturated rings. The highest BCUT2D eigenvalue weighted by molar-refractivity contribution is 9.10. The molecule has 0 saturated heterocycles. The number of nitrogen functional groups attached to an aromatic ring is 1. The Bertz CT molecular complexity index is 598. The molecule has 0 aliphatic carbocycles. The summed E-state index contributed by atoms with van der Waals surface area (Å²) < 4.78 is 1.14. The summed E-state index contributed by atoms with van der Waals surface area (Å²) in [5.41, 5.74) is 9.58. The lowest BCUT2D eigenvalue weighted by Crippen LogP contribution is -2.25. The summed E-state index contributed by atoms with van der Waals surface area (Å²) in [6.45, 7) is 5.25. The molecule has 0 bridgehead atoms. The van der Waals surface area contributed by atoms with Gasteiger partial charge in [-0.05, 0) is 55.1 Å². The van der Waals surface area contributed by atoms with Crippen molar-refractivity contribution in [2.45, 2.75) is 32.7 Å². The molecule has 0 spiro atoms. The summed E-state index contributed by atoms with van der Waals surface area (Å²) in [4.78, 5) is 4.18. The average Bonchev–Trinajstić information content (AvgIpc) is 2.46. The zero-order valence-corrected chi connectivity index (χ0v) is 14.2. The van der Waals surface area contributed by atoms with E-state index in [1.807, 2.05) is 12.1 Å². The third-order valence-electron chi connectivity index (χ3n) is 3.52. The lowest BCUT2D eigenvalue weighted by molar-refractivity contribution is 0.527. The first-order valence-electron chi connectivity index (χ1n) is 7.30. The van der Waals surface area contributed by atoms with Crippen molar-refractivity contribution < 1.29 is 0 Å². The van der Waals surface area contributed by atoms with Crippen LogP contribution in [0.4, 0.5) is 5.82 Å². The van der Waals surface area contributed by atoms with E-state index in [0.29, 0.717) is 5.82 Å². The summed E-state index contributed by atoms with van der Waals surface area (Å²) in [6, 6.07) is 10.7. The number of aryl methyl sites for hydroxylation is 1. The Morgan fingerprint density at radius 2 is 2.14 bits per heavy atom. The Balaban J connectivity index is 2.27. The van der Waals surface area contributed by atoms with Crippen LogP contribution in [0.15, 0.2) is 41.0 Å². The number of hydrogen-bond donors (Lipinski definition) is 2. The van der Waals surface area contributed by atoms with E-state index in [-0.39, 0.29) is 6.04 Å². The number of rotatable bonds is 6. The van der Waals surface area contributed by atoms with Gasteiger partial charge in [0.2, 0.25) is 0 Å². The second-order valence-corrected chi connectivity index (χ2v) is 6.14. The van der Waals surface area contributed by atoms with E-state index < -0.39 is 0 Å². The van der Waals surface area contributed by atoms with Crippen molar-refractivity contribution in [2.75, 3.05) is 12.3 Å². The molecule has 1 aromatic carbocycles. The first-order chi connectivity index (χ1) is 10.1. The smallest absolute Gasteiger partial charge is 0.126 e. The van der Waals surface area contributed by atoms with Crippen LogP contribution in [0.1, 0.15) is 36.1 Å². The van der Waals surface area contributed by atoms with Gasteiger partial charge >= 0.3 is 0 Å². The fourth-order valence-corrected chi connectivity index (χ4v) is 3.14. The summed E-state index contributed by atoms with van der Waals surface area (Å²) in [5.74, 6) is 0.615. The number of anilines is 1. The fourth-order valence-electron chi connectivity index (χ4n) is 2.37. The number of nitrogens with two attached hydrogens (primary N) is 1. The van der Waals surface area contributed by atoms with Crippen LogP contribution >= 0.6 is 15.9 Å². The molecule has 1 aromatic heterocycles. The summed E-state index contributed by atoms with van der Waals surface area (Å²) in [7, 11) is 0. The van der Waals surface area contributed by atoms with Gasteiger partial charge in [-0.25, -0.2) is 4.98 Å². The third-order valence-corrected chi connectivity index (χ3v) is 4.21. The van der Waals surface area contributed by atoms with Gasteiger partial charge in [-0.2, -0.15) is 0 Å². The second kappa shape index (κ2) is 7.57. The standard InChI is InChI=1S/C17H22BrN3/c1-3-8-20-16(11-13-5-4-9-21-17(13)19)14-7-6-12(2)10-15(14)18/h4-7,9-10,16,20H,3,8,11H2,1-2H3,(H2,19,21). The first-order valence-corrected chi connectivity index (χ1v) is 8.10. The number of halogens is 1. The molecule has 1 atom stereocenters. The Labute approximate surface area is 135 Å². The van der Waals surface area contributed by atoms with Crippen LogP contribution in [0.2, 0.25) is 0 Å². The largest absolute Gasteiger partial charge is 0.383 e. The van der Waals surface area contributed by atoms with Crippen LogP contribution in [0.25, 0.3) is 0 Å². The molecule has 4 heteroatoms. The van der Waals surface area contributed by atoms with Crippen LogP contribution in [0.5, 0.6) is 0 Å². The molecule has 0 saturated carbocycles. The molecule has 2 aromatic rings. The van der Waals surface area contributed by atoms with E-state index >= 15 is 0 Å². The molecule has 0 aliphatic heterocycles. The minimum absolute atomic E-state index is 0.228. The monoisotopic (exact) mass is 347 g/mol. The number of nitrogens with zero attached hydrogens (tertiary/aromatic N) is 1. The molecule has 0 amide bonds. The Kier molecular flexibility index (Phi) is 5.76. The van der Waals surface area contributed by atoms with Gasteiger partial charge in [0, 0.05) is 16.7 Å². The quantitative estimate of drug-likeness (QED) is 0.829. The summed E-state index contributed by atoms with van der Waals surface area (Å²) in [5, 5.41) is 3.61. The van der Waals surface area contributed by atoms with Gasteiger partial charge in [-0.3, -0.25) is 0 Å². The van der Waals surface area contributed by atoms with E-state index in [9.17, 15) is 0 Å². The minimum Gasteiger partial charge on any atom is -0.383 e. The molecule has 1 unspecified atom stereocenters. The van der Waals surface area contributed by atoms with Crippen LogP contribution in [-0.4, -0.2) is 11.5 Å². The minimum atomic E-state index is 0.228. The Morgan fingerprint density at radius 1 is 1.33 bits per heavy atom. The number of nitrogens with one attached hydrogen (secondary N) is 1.